The highest BCUT2D eigenvalue weighted by Crippen LogP contribution is 2.46. The number of ketones is 1. The topological polar surface area (TPSA) is 65.1 Å². The summed E-state index contributed by atoms with van der Waals surface area (Å²) in [5, 5.41) is 0. The van der Waals surface area contributed by atoms with E-state index >= 15 is 0 Å². The average molecular weight is 409 g/mol. The van der Waals surface area contributed by atoms with Crippen LogP contribution in [0.4, 0.5) is 5.69 Å². The van der Waals surface area contributed by atoms with Crippen molar-refractivity contribution in [3.05, 3.63) is 65.9 Å². The molecule has 0 N–H and O–H groups in total. The molecule has 1 heterocycles. The van der Waals surface area contributed by atoms with Crippen molar-refractivity contribution >= 4 is 17.4 Å². The van der Waals surface area contributed by atoms with E-state index in [-0.39, 0.29) is 30.8 Å². The molecule has 1 aliphatic rings. The Hall–Kier alpha value is -3.28. The maximum absolute atomic E-state index is 12.4. The number of carbonyl (C=O) groups excluding carboxylic acids is 2. The van der Waals surface area contributed by atoms with Gasteiger partial charge in [-0.25, -0.2) is 0 Å². The second-order valence-corrected chi connectivity index (χ2v) is 7.61. The van der Waals surface area contributed by atoms with Gasteiger partial charge in [-0.1, -0.05) is 44.2 Å². The largest absolute Gasteiger partial charge is 0.493 e. The maximum atomic E-state index is 12.4. The van der Waals surface area contributed by atoms with Crippen molar-refractivity contribution in [2.75, 3.05) is 32.3 Å². The highest BCUT2D eigenvalue weighted by Gasteiger charge is 2.38. The number of methoxy groups -OCH3 is 1. The van der Waals surface area contributed by atoms with E-state index in [1.54, 1.807) is 25.3 Å². The van der Waals surface area contributed by atoms with Gasteiger partial charge in [0.25, 0.3) is 0 Å². The van der Waals surface area contributed by atoms with Crippen LogP contribution in [0.25, 0.3) is 0 Å². The number of hydrogen-bond donors (Lipinski definition) is 0. The Labute approximate surface area is 177 Å². The molecule has 0 amide bonds. The van der Waals surface area contributed by atoms with E-state index < -0.39 is 5.97 Å². The van der Waals surface area contributed by atoms with Gasteiger partial charge in [-0.3, -0.25) is 9.59 Å². The number of carbonyl (C=O) groups is 2. The Bertz CT molecular complexity index is 964. The molecule has 3 rings (SSSR count). The van der Waals surface area contributed by atoms with Gasteiger partial charge in [-0.2, -0.15) is 0 Å². The van der Waals surface area contributed by atoms with E-state index in [4.69, 9.17) is 14.2 Å². The molecule has 0 aromatic heterocycles. The molecule has 0 unspecified atom stereocenters. The second-order valence-electron chi connectivity index (χ2n) is 7.61. The highest BCUT2D eigenvalue weighted by atomic mass is 16.5. The molecule has 0 fully saturated rings. The fourth-order valence-corrected chi connectivity index (χ4v) is 3.66. The van der Waals surface area contributed by atoms with E-state index in [0.29, 0.717) is 11.5 Å². The number of likely N-dealkylation sites (N-methyl/N-ethyl adjacent to an activating group) is 1. The molecule has 6 nitrogen and oxygen atoms in total. The van der Waals surface area contributed by atoms with Crippen molar-refractivity contribution in [3.8, 4) is 11.5 Å². The predicted octanol–water partition coefficient (Wildman–Crippen LogP) is 3.89. The number of anilines is 1. The summed E-state index contributed by atoms with van der Waals surface area (Å²) in [6.45, 7) is 4.00. The van der Waals surface area contributed by atoms with Crippen molar-refractivity contribution in [3.63, 3.8) is 0 Å². The first-order valence-electron chi connectivity index (χ1n) is 9.84. The lowest BCUT2D eigenvalue weighted by molar-refractivity contribution is -0.147. The van der Waals surface area contributed by atoms with Gasteiger partial charge in [0.15, 0.2) is 23.9 Å². The molecule has 0 spiro atoms. The zero-order valence-corrected chi connectivity index (χ0v) is 17.8. The second kappa shape index (κ2) is 9.03. The molecule has 0 saturated carbocycles. The van der Waals surface area contributed by atoms with Gasteiger partial charge in [0.2, 0.25) is 0 Å². The minimum absolute atomic E-state index is 0.0404. The van der Waals surface area contributed by atoms with Crippen molar-refractivity contribution in [2.45, 2.75) is 25.7 Å². The van der Waals surface area contributed by atoms with Gasteiger partial charge in [0.1, 0.15) is 0 Å². The fraction of sp³-hybridized carbons (Fsp3) is 0.333. The minimum Gasteiger partial charge on any atom is -0.493 e. The highest BCUT2D eigenvalue weighted by molar-refractivity contribution is 5.94. The summed E-state index contributed by atoms with van der Waals surface area (Å²) in [6, 6.07) is 15.3. The summed E-state index contributed by atoms with van der Waals surface area (Å²) in [5.41, 5.74) is 2.82. The zero-order valence-electron chi connectivity index (χ0n) is 17.8. The van der Waals surface area contributed by atoms with E-state index in [2.05, 4.69) is 19.9 Å². The van der Waals surface area contributed by atoms with E-state index in [1.807, 2.05) is 42.3 Å². The Kier molecular flexibility index (Phi) is 6.45. The third-order valence-corrected chi connectivity index (χ3v) is 5.25. The molecule has 2 aromatic rings. The molecular formula is C24H27NO5. The smallest absolute Gasteiger partial charge is 0.309 e. The molecule has 1 aliphatic heterocycles. The summed E-state index contributed by atoms with van der Waals surface area (Å²) >= 11 is 0. The number of benzene rings is 2. The lowest BCUT2D eigenvalue weighted by Gasteiger charge is -2.23. The van der Waals surface area contributed by atoms with E-state index in [0.717, 1.165) is 16.9 Å². The number of hydrogen-bond acceptors (Lipinski definition) is 6. The fourth-order valence-electron chi connectivity index (χ4n) is 3.66. The number of allylic oxidation sites excluding steroid dienone is 1. The normalized spacial score (nSPS) is 15.6. The average Bonchev–Trinajstić information content (AvgIpc) is 2.93. The number of fused-ring (bicyclic) bond motifs is 1. The lowest BCUT2D eigenvalue weighted by Crippen LogP contribution is -2.25. The van der Waals surface area contributed by atoms with Crippen LogP contribution < -0.4 is 14.4 Å². The Balaban J connectivity index is 1.51. The number of esters is 1. The quantitative estimate of drug-likeness (QED) is 0.487. The van der Waals surface area contributed by atoms with Crippen LogP contribution in [-0.4, -0.2) is 39.1 Å². The number of rotatable bonds is 8. The number of nitrogens with zero attached hydrogens (tertiary/aromatic N) is 1. The predicted molar refractivity (Wildman–Crippen MR) is 115 cm³/mol. The summed E-state index contributed by atoms with van der Waals surface area (Å²) < 4.78 is 15.9. The SMILES string of the molecule is COc1ccccc1OCCC(=O)OCC(=O)/C=C1/N(C)c2ccccc2C1(C)C. The molecule has 0 saturated heterocycles. The number of para-hydroxylation sites is 3. The monoisotopic (exact) mass is 409 g/mol. The first kappa shape index (κ1) is 21.4. The van der Waals surface area contributed by atoms with Crippen molar-refractivity contribution in [2.24, 2.45) is 0 Å². The summed E-state index contributed by atoms with van der Waals surface area (Å²) in [4.78, 5) is 26.4. The van der Waals surface area contributed by atoms with Crippen molar-refractivity contribution in [1.82, 2.24) is 0 Å². The molecular weight excluding hydrogens is 382 g/mol. The summed E-state index contributed by atoms with van der Waals surface area (Å²) in [5.74, 6) is 0.410. The molecule has 2 aromatic carbocycles. The summed E-state index contributed by atoms with van der Waals surface area (Å²) in [7, 11) is 3.49. The Morgan fingerprint density at radius 1 is 1.03 bits per heavy atom. The number of ether oxygens (including phenoxy) is 3. The van der Waals surface area contributed by atoms with Crippen LogP contribution in [0.15, 0.2) is 60.3 Å². The van der Waals surface area contributed by atoms with Gasteiger partial charge in [-0.15, -0.1) is 0 Å². The van der Waals surface area contributed by atoms with Crippen LogP contribution in [0.5, 0.6) is 11.5 Å². The standard InChI is InChI=1S/C24H27NO5/c1-24(2)18-9-5-6-10-19(18)25(3)22(24)15-17(26)16-30-23(27)13-14-29-21-12-8-7-11-20(21)28-4/h5-12,15H,13-14,16H2,1-4H3/b22-15+. The minimum atomic E-state index is -0.487. The van der Waals surface area contributed by atoms with Crippen LogP contribution in [0, 0.1) is 0 Å². The molecule has 0 radical (unpaired) electrons. The first-order valence-corrected chi connectivity index (χ1v) is 9.84. The van der Waals surface area contributed by atoms with Gasteiger partial charge < -0.3 is 19.1 Å². The van der Waals surface area contributed by atoms with Crippen molar-refractivity contribution in [1.29, 1.82) is 0 Å². The third-order valence-electron chi connectivity index (χ3n) is 5.25. The van der Waals surface area contributed by atoms with Crippen LogP contribution in [0.1, 0.15) is 25.8 Å². The molecule has 0 aliphatic carbocycles. The molecule has 158 valence electrons. The van der Waals surface area contributed by atoms with Gasteiger partial charge in [-0.05, 0) is 23.8 Å². The van der Waals surface area contributed by atoms with E-state index in [9.17, 15) is 9.59 Å². The van der Waals surface area contributed by atoms with Crippen LogP contribution in [-0.2, 0) is 19.7 Å². The molecule has 30 heavy (non-hydrogen) atoms. The summed E-state index contributed by atoms with van der Waals surface area (Å²) in [6.07, 6.45) is 1.61. The lowest BCUT2D eigenvalue weighted by atomic mass is 9.83. The Morgan fingerprint density at radius 2 is 1.70 bits per heavy atom. The Morgan fingerprint density at radius 3 is 2.40 bits per heavy atom. The van der Waals surface area contributed by atoms with Gasteiger partial charge in [0.05, 0.1) is 20.1 Å². The van der Waals surface area contributed by atoms with Crippen molar-refractivity contribution < 1.29 is 23.8 Å². The third kappa shape index (κ3) is 4.48. The molecule has 0 atom stereocenters. The van der Waals surface area contributed by atoms with Crippen LogP contribution in [0.2, 0.25) is 0 Å². The molecule has 0 bridgehead atoms. The van der Waals surface area contributed by atoms with Gasteiger partial charge >= 0.3 is 5.97 Å². The maximum Gasteiger partial charge on any atom is 0.309 e. The zero-order chi connectivity index (χ0) is 21.7. The first-order chi connectivity index (χ1) is 14.3. The van der Waals surface area contributed by atoms with Gasteiger partial charge in [0, 0.05) is 29.9 Å². The van der Waals surface area contributed by atoms with Crippen LogP contribution >= 0.6 is 0 Å². The van der Waals surface area contributed by atoms with E-state index in [1.165, 1.54) is 0 Å². The molecule has 6 heteroatoms. The van der Waals surface area contributed by atoms with Crippen LogP contribution in [0.3, 0.4) is 0 Å².